The molecule has 5 N–H and O–H groups in total. The maximum atomic E-state index is 12.1. The standard InChI is InChI=1S/C14H25NO8/c1-4-5-9(16)14(15)11(18)10(17)8(23-12(14)19)6-21-13(20)22-7(2)3/h7-8,10-12,17-19H,4-6,15H2,1-3H3/t8-,10-,11+,12?,14-/m1/s1/i1D. The van der Waals surface area contributed by atoms with Crippen molar-refractivity contribution in [1.29, 1.82) is 0 Å². The second kappa shape index (κ2) is 8.02. The highest BCUT2D eigenvalue weighted by molar-refractivity contribution is 5.89. The molecule has 1 aliphatic heterocycles. The zero-order valence-electron chi connectivity index (χ0n) is 14.2. The summed E-state index contributed by atoms with van der Waals surface area (Å²) in [5, 5.41) is 30.2. The molecule has 9 heteroatoms. The van der Waals surface area contributed by atoms with Gasteiger partial charge in [-0.05, 0) is 20.3 Å². The zero-order valence-corrected chi connectivity index (χ0v) is 13.2. The number of nitrogens with two attached hydrogens (primary N) is 1. The minimum absolute atomic E-state index is 0.0220. The molecule has 1 rings (SSSR count). The summed E-state index contributed by atoms with van der Waals surface area (Å²) in [5.41, 5.74) is 3.56. The predicted molar refractivity (Wildman–Crippen MR) is 77.3 cm³/mol. The van der Waals surface area contributed by atoms with E-state index < -0.39 is 54.8 Å². The van der Waals surface area contributed by atoms with Gasteiger partial charge in [0, 0.05) is 7.79 Å². The van der Waals surface area contributed by atoms with Crippen molar-refractivity contribution in [2.24, 2.45) is 5.73 Å². The molecule has 5 atom stereocenters. The molecule has 1 heterocycles. The summed E-state index contributed by atoms with van der Waals surface area (Å²) in [6.07, 6.45) is -8.02. The summed E-state index contributed by atoms with van der Waals surface area (Å²) in [5.74, 6) is -0.729. The maximum absolute atomic E-state index is 12.1. The second-order valence-electron chi connectivity index (χ2n) is 5.65. The smallest absolute Gasteiger partial charge is 0.432 e. The first-order chi connectivity index (χ1) is 11.1. The van der Waals surface area contributed by atoms with E-state index in [1.807, 2.05) is 0 Å². The Balaban J connectivity index is 2.72. The van der Waals surface area contributed by atoms with Gasteiger partial charge < -0.3 is 35.3 Å². The van der Waals surface area contributed by atoms with Gasteiger partial charge in [0.1, 0.15) is 24.9 Å². The molecule has 1 saturated heterocycles. The van der Waals surface area contributed by atoms with Gasteiger partial charge in [0.05, 0.1) is 6.10 Å². The van der Waals surface area contributed by atoms with Crippen LogP contribution in [0.5, 0.6) is 0 Å². The van der Waals surface area contributed by atoms with Crippen LogP contribution in [-0.2, 0) is 19.0 Å². The number of ketones is 1. The molecular formula is C14H25NO8. The largest absolute Gasteiger partial charge is 0.508 e. The Kier molecular flexibility index (Phi) is 6.31. The number of ether oxygens (including phenoxy) is 3. The van der Waals surface area contributed by atoms with E-state index in [9.17, 15) is 24.9 Å². The Bertz CT molecular complexity index is 448. The van der Waals surface area contributed by atoms with Gasteiger partial charge in [-0.15, -0.1) is 0 Å². The number of hydrogen-bond donors (Lipinski definition) is 4. The first-order valence-corrected chi connectivity index (χ1v) is 7.29. The van der Waals surface area contributed by atoms with Crippen molar-refractivity contribution in [2.45, 2.75) is 69.8 Å². The summed E-state index contributed by atoms with van der Waals surface area (Å²) in [7, 11) is 0. The van der Waals surface area contributed by atoms with Crippen LogP contribution in [0.25, 0.3) is 0 Å². The van der Waals surface area contributed by atoms with Crippen molar-refractivity contribution >= 4 is 11.9 Å². The fourth-order valence-corrected chi connectivity index (χ4v) is 2.18. The van der Waals surface area contributed by atoms with Gasteiger partial charge in [-0.3, -0.25) is 4.79 Å². The molecule has 1 aliphatic rings. The Morgan fingerprint density at radius 1 is 1.39 bits per heavy atom. The lowest BCUT2D eigenvalue weighted by Crippen LogP contribution is -2.74. The second-order valence-corrected chi connectivity index (χ2v) is 5.65. The maximum Gasteiger partial charge on any atom is 0.508 e. The molecule has 0 aromatic carbocycles. The highest BCUT2D eigenvalue weighted by Gasteiger charge is 2.57. The number of rotatable bonds is 6. The Morgan fingerprint density at radius 2 is 2.04 bits per heavy atom. The summed E-state index contributed by atoms with van der Waals surface area (Å²) in [4.78, 5) is 23.4. The predicted octanol–water partition coefficient (Wildman–Crippen LogP) is -0.946. The molecule has 134 valence electrons. The monoisotopic (exact) mass is 336 g/mol. The lowest BCUT2D eigenvalue weighted by molar-refractivity contribution is -0.271. The van der Waals surface area contributed by atoms with E-state index in [0.717, 1.165) is 0 Å². The molecular weight excluding hydrogens is 310 g/mol. The molecule has 23 heavy (non-hydrogen) atoms. The zero-order chi connectivity index (χ0) is 18.5. The third-order valence-corrected chi connectivity index (χ3v) is 3.49. The number of carbonyl (C=O) groups excluding carboxylic acids is 2. The average molecular weight is 336 g/mol. The van der Waals surface area contributed by atoms with Crippen molar-refractivity contribution < 1.29 is 40.5 Å². The molecule has 0 aliphatic carbocycles. The van der Waals surface area contributed by atoms with Gasteiger partial charge in [-0.25, -0.2) is 4.79 Å². The number of Topliss-reactive ketones (excluding diaryl/α,β-unsaturated/α-hetero) is 1. The Labute approximate surface area is 135 Å². The van der Waals surface area contributed by atoms with Crippen molar-refractivity contribution in [3.05, 3.63) is 0 Å². The lowest BCUT2D eigenvalue weighted by atomic mass is 9.79. The van der Waals surface area contributed by atoms with Gasteiger partial charge in [0.2, 0.25) is 0 Å². The number of carbonyl (C=O) groups is 2. The van der Waals surface area contributed by atoms with Crippen LogP contribution in [0.1, 0.15) is 35.0 Å². The molecule has 0 amide bonds. The molecule has 0 radical (unpaired) electrons. The van der Waals surface area contributed by atoms with Crippen LogP contribution in [0, 0.1) is 0 Å². The van der Waals surface area contributed by atoms with Gasteiger partial charge in [-0.1, -0.05) is 6.90 Å². The van der Waals surface area contributed by atoms with E-state index in [0.29, 0.717) is 0 Å². The van der Waals surface area contributed by atoms with Crippen molar-refractivity contribution in [3.63, 3.8) is 0 Å². The SMILES string of the molecule is [2H]CCCC(=O)[C@]1(N)C(O)O[C@H](COC(=O)OC(C)C)[C@@H](O)[C@@H]1O. The molecule has 1 unspecified atom stereocenters. The fraction of sp³-hybridized carbons (Fsp3) is 0.857. The van der Waals surface area contributed by atoms with Crippen LogP contribution in [0.15, 0.2) is 0 Å². The number of aliphatic hydroxyl groups is 3. The molecule has 9 nitrogen and oxygen atoms in total. The van der Waals surface area contributed by atoms with Gasteiger partial charge >= 0.3 is 6.16 Å². The first kappa shape index (κ1) is 18.1. The number of aliphatic hydroxyl groups excluding tert-OH is 3. The molecule has 1 fully saturated rings. The third-order valence-electron chi connectivity index (χ3n) is 3.49. The van der Waals surface area contributed by atoms with E-state index in [2.05, 4.69) is 0 Å². The van der Waals surface area contributed by atoms with E-state index in [1.54, 1.807) is 13.8 Å². The topological polar surface area (TPSA) is 149 Å². The number of hydrogen-bond acceptors (Lipinski definition) is 9. The van der Waals surface area contributed by atoms with Crippen LogP contribution < -0.4 is 5.73 Å². The highest BCUT2D eigenvalue weighted by Crippen LogP contribution is 2.29. The molecule has 0 spiro atoms. The van der Waals surface area contributed by atoms with E-state index in [1.165, 1.54) is 0 Å². The van der Waals surface area contributed by atoms with Crippen LogP contribution >= 0.6 is 0 Å². The average Bonchev–Trinajstić information content (AvgIpc) is 2.51. The van der Waals surface area contributed by atoms with Crippen LogP contribution in [0.2, 0.25) is 0 Å². The van der Waals surface area contributed by atoms with E-state index in [-0.39, 0.29) is 19.7 Å². The van der Waals surface area contributed by atoms with Crippen LogP contribution in [0.3, 0.4) is 0 Å². The lowest BCUT2D eigenvalue weighted by Gasteiger charge is -2.46. The van der Waals surface area contributed by atoms with E-state index in [4.69, 9.17) is 21.3 Å². The summed E-state index contributed by atoms with van der Waals surface area (Å²) in [6, 6.07) is 0. The first-order valence-electron chi connectivity index (χ1n) is 7.99. The summed E-state index contributed by atoms with van der Waals surface area (Å²) >= 11 is 0. The molecule has 0 aromatic heterocycles. The molecule has 0 aromatic rings. The molecule has 0 saturated carbocycles. The van der Waals surface area contributed by atoms with E-state index >= 15 is 0 Å². The van der Waals surface area contributed by atoms with Crippen molar-refractivity contribution in [2.75, 3.05) is 6.61 Å². The van der Waals surface area contributed by atoms with Gasteiger partial charge in [0.25, 0.3) is 0 Å². The van der Waals surface area contributed by atoms with Crippen LogP contribution in [0.4, 0.5) is 4.79 Å². The third kappa shape index (κ3) is 4.39. The normalized spacial score (nSPS) is 34.8. The van der Waals surface area contributed by atoms with Crippen LogP contribution in [-0.4, -0.2) is 70.1 Å². The molecule has 0 bridgehead atoms. The van der Waals surface area contributed by atoms with Gasteiger partial charge in [0.15, 0.2) is 17.6 Å². The Hall–Kier alpha value is -1.26. The highest BCUT2D eigenvalue weighted by atomic mass is 16.7. The van der Waals surface area contributed by atoms with Gasteiger partial charge in [-0.2, -0.15) is 0 Å². The Morgan fingerprint density at radius 3 is 2.61 bits per heavy atom. The van der Waals surface area contributed by atoms with Crippen molar-refractivity contribution in [3.8, 4) is 0 Å². The van der Waals surface area contributed by atoms with Crippen molar-refractivity contribution in [1.82, 2.24) is 0 Å². The summed E-state index contributed by atoms with van der Waals surface area (Å²) in [6.45, 7) is 2.71. The fourth-order valence-electron chi connectivity index (χ4n) is 2.18. The quantitative estimate of drug-likeness (QED) is 0.450. The summed E-state index contributed by atoms with van der Waals surface area (Å²) < 4.78 is 21.6. The minimum atomic E-state index is -2.22. The minimum Gasteiger partial charge on any atom is -0.432 e.